The van der Waals surface area contributed by atoms with Crippen molar-refractivity contribution in [2.75, 3.05) is 39.0 Å². The van der Waals surface area contributed by atoms with Crippen LogP contribution in [0.25, 0.3) is 0 Å². The van der Waals surface area contributed by atoms with E-state index in [0.29, 0.717) is 46.8 Å². The first-order valence-corrected chi connectivity index (χ1v) is 22.7. The van der Waals surface area contributed by atoms with Crippen molar-refractivity contribution in [2.24, 2.45) is 29.6 Å². The Morgan fingerprint density at radius 1 is 0.931 bits per heavy atom. The van der Waals surface area contributed by atoms with Crippen molar-refractivity contribution in [2.45, 2.75) is 142 Å². The molecule has 0 saturated carbocycles. The number of esters is 1. The molecule has 0 bridgehead atoms. The molecule has 5 aliphatic heterocycles. The topological polar surface area (TPSA) is 154 Å². The number of allylic oxidation sites excluding steroid dienone is 2. The van der Waals surface area contributed by atoms with Crippen molar-refractivity contribution in [1.29, 1.82) is 0 Å². The zero-order valence-electron chi connectivity index (χ0n) is 36.5. The van der Waals surface area contributed by atoms with Gasteiger partial charge in [0, 0.05) is 53.8 Å². The number of urea groups is 1. The first-order chi connectivity index (χ1) is 27.4. The summed E-state index contributed by atoms with van der Waals surface area (Å²) in [5, 5.41) is 8.94. The van der Waals surface area contributed by atoms with Crippen LogP contribution in [-0.4, -0.2) is 119 Å². The Balaban J connectivity index is 0.000000193. The molecule has 3 N–H and O–H groups in total. The number of fused-ring (bicyclic) bond motifs is 2. The van der Waals surface area contributed by atoms with Crippen LogP contribution < -0.4 is 16.0 Å². The molecule has 6 aliphatic rings. The maximum Gasteiger partial charge on any atom is 0.323 e. The number of hydrogen-bond acceptors (Lipinski definition) is 10. The van der Waals surface area contributed by atoms with Gasteiger partial charge in [-0.3, -0.25) is 33.8 Å². The van der Waals surface area contributed by atoms with Gasteiger partial charge in [-0.15, -0.1) is 0 Å². The molecular formula is C45H71N5O7S. The van der Waals surface area contributed by atoms with E-state index in [9.17, 15) is 28.8 Å². The van der Waals surface area contributed by atoms with Gasteiger partial charge in [-0.1, -0.05) is 86.1 Å². The van der Waals surface area contributed by atoms with Crippen LogP contribution in [0.2, 0.25) is 0 Å². The number of carbonyl (C=O) groups excluding carboxylic acids is 6. The average molecular weight is 826 g/mol. The normalized spacial score (nSPS) is 27.9. The number of ketones is 3. The van der Waals surface area contributed by atoms with Gasteiger partial charge in [-0.05, 0) is 69.7 Å². The summed E-state index contributed by atoms with van der Waals surface area (Å²) in [6, 6.07) is 0.724. The zero-order chi connectivity index (χ0) is 42.7. The third-order valence-corrected chi connectivity index (χ3v) is 13.8. The van der Waals surface area contributed by atoms with Crippen molar-refractivity contribution < 1.29 is 33.5 Å². The SMILES string of the molecule is CC(C)C(=O)CCCCC1SCC2NC(=O)NC21.CC(C)C(=O)CNC(=O)C1C=C2C=CC=CC2OC1=O.CC(C)CC(C(=O)C(C)C)N1CCC2(CCCN2C)C1. The summed E-state index contributed by atoms with van der Waals surface area (Å²) in [5.41, 5.74) is 1.15. The molecule has 0 radical (unpaired) electrons. The molecule has 1 aliphatic carbocycles. The number of nitrogens with zero attached hydrogens (tertiary/aromatic N) is 2. The Bertz CT molecular complexity index is 1570. The predicted octanol–water partition coefficient (Wildman–Crippen LogP) is 5.66. The minimum absolute atomic E-state index is 0.0229. The van der Waals surface area contributed by atoms with Crippen LogP contribution in [0, 0.1) is 29.6 Å². The summed E-state index contributed by atoms with van der Waals surface area (Å²) in [5.74, 6) is 0.406. The molecule has 0 aromatic rings. The number of hydrogen-bond donors (Lipinski definition) is 3. The highest BCUT2D eigenvalue weighted by atomic mass is 32.2. The Labute approximate surface area is 351 Å². The summed E-state index contributed by atoms with van der Waals surface area (Å²) in [6.45, 7) is 19.3. The van der Waals surface area contributed by atoms with Crippen molar-refractivity contribution in [3.8, 4) is 0 Å². The summed E-state index contributed by atoms with van der Waals surface area (Å²) in [7, 11) is 2.26. The molecule has 7 unspecified atom stereocenters. The standard InChI is InChI=1S/C17H32N2O.C15H17NO4.C13H22N2O2S/c1-13(2)11-15(16(20)14(3)4)19-10-8-17(12-19)7-6-9-18(17)5;1-9(2)12(17)8-16-14(18)11-7-10-5-3-4-6-13(10)20-15(11)19;1-8(2)10(16)5-3-4-6-11-12-9(7-18-11)14-13(17)15-12/h13-15H,6-12H2,1-5H3;3-7,9,11,13H,8H2,1-2H3,(H,16,18);8-9,11-12H,3-7H2,1-2H3,(H2,14,15,17). The van der Waals surface area contributed by atoms with Gasteiger partial charge >= 0.3 is 12.0 Å². The molecule has 3 amide bonds. The molecule has 5 heterocycles. The lowest BCUT2D eigenvalue weighted by Gasteiger charge is -2.35. The van der Waals surface area contributed by atoms with E-state index in [1.807, 2.05) is 45.5 Å². The lowest BCUT2D eigenvalue weighted by molar-refractivity contribution is -0.153. The number of thioether (sulfide) groups is 1. The van der Waals surface area contributed by atoms with Crippen LogP contribution in [-0.2, 0) is 28.7 Å². The smallest absolute Gasteiger partial charge is 0.323 e. The van der Waals surface area contributed by atoms with Gasteiger partial charge in [-0.2, -0.15) is 11.8 Å². The Kier molecular flexibility index (Phi) is 17.8. The van der Waals surface area contributed by atoms with Gasteiger partial charge in [0.1, 0.15) is 11.9 Å². The lowest BCUT2D eigenvalue weighted by atomic mass is 9.92. The van der Waals surface area contributed by atoms with E-state index in [-0.39, 0.29) is 42.2 Å². The van der Waals surface area contributed by atoms with E-state index in [1.165, 1.54) is 25.8 Å². The number of rotatable bonds is 15. The molecule has 0 aromatic carbocycles. The first-order valence-electron chi connectivity index (χ1n) is 21.7. The molecule has 7 atom stereocenters. The maximum atomic E-state index is 12.6. The van der Waals surface area contributed by atoms with Crippen LogP contribution in [0.1, 0.15) is 107 Å². The number of amides is 3. The van der Waals surface area contributed by atoms with Crippen LogP contribution in [0.5, 0.6) is 0 Å². The summed E-state index contributed by atoms with van der Waals surface area (Å²) in [4.78, 5) is 75.6. The highest BCUT2D eigenvalue weighted by Crippen LogP contribution is 2.38. The van der Waals surface area contributed by atoms with Crippen LogP contribution >= 0.6 is 11.8 Å². The van der Waals surface area contributed by atoms with Gasteiger partial charge in [0.25, 0.3) is 0 Å². The van der Waals surface area contributed by atoms with Crippen molar-refractivity contribution >= 4 is 47.0 Å². The highest BCUT2D eigenvalue weighted by molar-refractivity contribution is 8.00. The van der Waals surface area contributed by atoms with E-state index in [0.717, 1.165) is 50.1 Å². The van der Waals surface area contributed by atoms with Crippen LogP contribution in [0.4, 0.5) is 4.79 Å². The quantitative estimate of drug-likeness (QED) is 0.0817. The van der Waals surface area contributed by atoms with E-state index >= 15 is 0 Å². The largest absolute Gasteiger partial charge is 0.452 e. The third kappa shape index (κ3) is 12.9. The molecule has 6 rings (SSSR count). The van der Waals surface area contributed by atoms with Crippen molar-refractivity contribution in [3.63, 3.8) is 0 Å². The third-order valence-electron chi connectivity index (χ3n) is 12.3. The number of unbranched alkanes of at least 4 members (excludes halogenated alkanes) is 1. The number of likely N-dealkylation sites (N-methyl/N-ethyl adjacent to an activating group) is 1. The van der Waals surface area contributed by atoms with Gasteiger partial charge in [0.15, 0.2) is 17.5 Å². The Hall–Kier alpha value is -3.29. The lowest BCUT2D eigenvalue weighted by Crippen LogP contribution is -2.48. The summed E-state index contributed by atoms with van der Waals surface area (Å²) < 4.78 is 5.19. The number of carbonyl (C=O) groups is 6. The monoisotopic (exact) mass is 826 g/mol. The Morgan fingerprint density at radius 3 is 2.29 bits per heavy atom. The fourth-order valence-electron chi connectivity index (χ4n) is 8.52. The molecule has 13 heteroatoms. The zero-order valence-corrected chi connectivity index (χ0v) is 37.3. The van der Waals surface area contributed by atoms with E-state index in [1.54, 1.807) is 38.2 Å². The van der Waals surface area contributed by atoms with E-state index < -0.39 is 23.9 Å². The number of nitrogens with one attached hydrogen (secondary N) is 3. The van der Waals surface area contributed by atoms with Crippen molar-refractivity contribution in [1.82, 2.24) is 25.8 Å². The fourth-order valence-corrected chi connectivity index (χ4v) is 10.1. The molecule has 4 saturated heterocycles. The van der Waals surface area contributed by atoms with E-state index in [4.69, 9.17) is 4.74 Å². The second kappa shape index (κ2) is 21.8. The molecule has 1 spiro atoms. The van der Waals surface area contributed by atoms with Gasteiger partial charge in [0.05, 0.1) is 24.7 Å². The van der Waals surface area contributed by atoms with Gasteiger partial charge < -0.3 is 20.7 Å². The predicted molar refractivity (Wildman–Crippen MR) is 230 cm³/mol. The molecule has 12 nitrogen and oxygen atoms in total. The van der Waals surface area contributed by atoms with E-state index in [2.05, 4.69) is 46.6 Å². The van der Waals surface area contributed by atoms with Crippen LogP contribution in [0.15, 0.2) is 36.0 Å². The molecule has 4 fully saturated rings. The van der Waals surface area contributed by atoms with Gasteiger partial charge in [0.2, 0.25) is 5.91 Å². The number of ether oxygens (including phenoxy) is 1. The molecular weight excluding hydrogens is 755 g/mol. The summed E-state index contributed by atoms with van der Waals surface area (Å²) >= 11 is 1.94. The molecule has 0 aromatic heterocycles. The van der Waals surface area contributed by atoms with Crippen molar-refractivity contribution in [3.05, 3.63) is 36.0 Å². The fraction of sp³-hybridized carbons (Fsp3) is 0.733. The number of Topliss-reactive ketones (excluding diaryl/α,β-unsaturated/α-hetero) is 3. The van der Waals surface area contributed by atoms with Crippen LogP contribution in [0.3, 0.4) is 0 Å². The second-order valence-corrected chi connectivity index (χ2v) is 19.5. The number of likely N-dealkylation sites (tertiary alicyclic amines) is 2. The first kappa shape index (κ1) is 47.4. The Morgan fingerprint density at radius 2 is 1.66 bits per heavy atom. The summed E-state index contributed by atoms with van der Waals surface area (Å²) in [6.07, 6.45) is 17.1. The molecule has 324 valence electrons. The average Bonchev–Trinajstić information content (AvgIpc) is 3.96. The minimum Gasteiger partial charge on any atom is -0.452 e. The highest BCUT2D eigenvalue weighted by Gasteiger charge is 2.47. The van der Waals surface area contributed by atoms with Gasteiger partial charge in [-0.25, -0.2) is 4.79 Å². The molecule has 58 heavy (non-hydrogen) atoms. The second-order valence-electron chi connectivity index (χ2n) is 18.2. The minimum atomic E-state index is -0.989. The maximum absolute atomic E-state index is 12.6.